The number of fused-ring (bicyclic) bond motifs is 1. The Morgan fingerprint density at radius 3 is 2.14 bits per heavy atom. The summed E-state index contributed by atoms with van der Waals surface area (Å²) in [6, 6.07) is 20.9. The fourth-order valence-electron chi connectivity index (χ4n) is 3.19. The number of halogens is 3. The van der Waals surface area contributed by atoms with Crippen molar-refractivity contribution in [2.75, 3.05) is 0 Å². The predicted molar refractivity (Wildman–Crippen MR) is 100 cm³/mol. The Hall–Kier alpha value is -3.34. The summed E-state index contributed by atoms with van der Waals surface area (Å²) in [7, 11) is 0. The van der Waals surface area contributed by atoms with Crippen LogP contribution in [0.5, 0.6) is 5.75 Å². The maximum absolute atomic E-state index is 13.1. The van der Waals surface area contributed by atoms with Gasteiger partial charge in [-0.05, 0) is 41.5 Å². The molecule has 1 aliphatic rings. The zero-order valence-electron chi connectivity index (χ0n) is 14.6. The fraction of sp³-hybridized carbons (Fsp3) is 0.0870. The maximum atomic E-state index is 13.1. The van der Waals surface area contributed by atoms with Gasteiger partial charge in [0.15, 0.2) is 11.9 Å². The van der Waals surface area contributed by atoms with Gasteiger partial charge in [-0.25, -0.2) is 0 Å². The van der Waals surface area contributed by atoms with Crippen LogP contribution in [0.2, 0.25) is 0 Å². The van der Waals surface area contributed by atoms with Crippen molar-refractivity contribution in [2.45, 2.75) is 12.3 Å². The monoisotopic (exact) mass is 380 g/mol. The molecule has 3 aromatic rings. The molecule has 0 aromatic heterocycles. The minimum atomic E-state index is -4.40. The van der Waals surface area contributed by atoms with Gasteiger partial charge in [0.1, 0.15) is 5.75 Å². The van der Waals surface area contributed by atoms with E-state index in [1.165, 1.54) is 12.1 Å². The quantitative estimate of drug-likeness (QED) is 0.502. The van der Waals surface area contributed by atoms with Crippen LogP contribution in [0.25, 0.3) is 6.08 Å². The van der Waals surface area contributed by atoms with Crippen LogP contribution in [0.3, 0.4) is 0 Å². The van der Waals surface area contributed by atoms with Gasteiger partial charge in [0.05, 0.1) is 11.1 Å². The molecule has 0 amide bonds. The van der Waals surface area contributed by atoms with E-state index >= 15 is 0 Å². The van der Waals surface area contributed by atoms with Crippen LogP contribution in [0.4, 0.5) is 13.2 Å². The molecule has 5 heteroatoms. The third kappa shape index (κ3) is 3.43. The van der Waals surface area contributed by atoms with E-state index in [2.05, 4.69) is 0 Å². The molecule has 0 saturated carbocycles. The van der Waals surface area contributed by atoms with Gasteiger partial charge in [0, 0.05) is 5.57 Å². The zero-order chi connectivity index (χ0) is 19.7. The molecule has 2 nitrogen and oxygen atoms in total. The van der Waals surface area contributed by atoms with Gasteiger partial charge in [-0.2, -0.15) is 13.2 Å². The third-order valence-electron chi connectivity index (χ3n) is 4.58. The standard InChI is InChI=1S/C23H15F3O2/c24-23(25,26)17-12-10-15(11-13-17)14-19-21(27)18-8-4-5-9-20(18)28-22(19)16-6-2-1-3-7-16/h1-14,22H/b19-14+/t22-/m1/s1. The second-order valence-corrected chi connectivity index (χ2v) is 6.45. The minimum Gasteiger partial charge on any atom is -0.480 e. The van der Waals surface area contributed by atoms with E-state index in [9.17, 15) is 18.0 Å². The molecule has 1 heterocycles. The predicted octanol–water partition coefficient (Wildman–Crippen LogP) is 6.11. The molecule has 28 heavy (non-hydrogen) atoms. The van der Waals surface area contributed by atoms with Gasteiger partial charge in [0.2, 0.25) is 0 Å². The molecule has 4 rings (SSSR count). The van der Waals surface area contributed by atoms with Crippen molar-refractivity contribution in [3.05, 3.63) is 107 Å². The summed E-state index contributed by atoms with van der Waals surface area (Å²) in [5, 5.41) is 0. The van der Waals surface area contributed by atoms with Crippen molar-refractivity contribution in [1.82, 2.24) is 0 Å². The first-order valence-electron chi connectivity index (χ1n) is 8.67. The van der Waals surface area contributed by atoms with Crippen molar-refractivity contribution < 1.29 is 22.7 Å². The van der Waals surface area contributed by atoms with Crippen molar-refractivity contribution in [1.29, 1.82) is 0 Å². The normalized spacial score (nSPS) is 17.9. The molecule has 0 radical (unpaired) electrons. The molecule has 3 aromatic carbocycles. The average molecular weight is 380 g/mol. The smallest absolute Gasteiger partial charge is 0.416 e. The lowest BCUT2D eigenvalue weighted by molar-refractivity contribution is -0.137. The number of alkyl halides is 3. The van der Waals surface area contributed by atoms with E-state index in [1.54, 1.807) is 30.3 Å². The molecule has 0 fully saturated rings. The van der Waals surface area contributed by atoms with Crippen molar-refractivity contribution in [3.8, 4) is 5.75 Å². The molecular weight excluding hydrogens is 365 g/mol. The number of carbonyl (C=O) groups is 1. The summed E-state index contributed by atoms with van der Waals surface area (Å²) in [6.07, 6.45) is -3.44. The number of rotatable bonds is 2. The van der Waals surface area contributed by atoms with Crippen molar-refractivity contribution >= 4 is 11.9 Å². The van der Waals surface area contributed by atoms with Gasteiger partial charge in [-0.3, -0.25) is 4.79 Å². The maximum Gasteiger partial charge on any atom is 0.416 e. The highest BCUT2D eigenvalue weighted by Gasteiger charge is 2.33. The van der Waals surface area contributed by atoms with Crippen molar-refractivity contribution in [3.63, 3.8) is 0 Å². The number of benzene rings is 3. The van der Waals surface area contributed by atoms with Crippen LogP contribution in [0.1, 0.15) is 33.2 Å². The molecule has 0 spiro atoms. The lowest BCUT2D eigenvalue weighted by Crippen LogP contribution is -2.23. The van der Waals surface area contributed by atoms with Gasteiger partial charge >= 0.3 is 6.18 Å². The number of Topliss-reactive ketones (excluding diaryl/α,β-unsaturated/α-hetero) is 1. The lowest BCUT2D eigenvalue weighted by atomic mass is 9.89. The Morgan fingerprint density at radius 1 is 0.821 bits per heavy atom. The van der Waals surface area contributed by atoms with E-state index < -0.39 is 17.8 Å². The lowest BCUT2D eigenvalue weighted by Gasteiger charge is -2.28. The van der Waals surface area contributed by atoms with Crippen LogP contribution in [-0.2, 0) is 6.18 Å². The number of ether oxygens (including phenoxy) is 1. The number of carbonyl (C=O) groups excluding carboxylic acids is 1. The zero-order valence-corrected chi connectivity index (χ0v) is 14.6. The van der Waals surface area contributed by atoms with Gasteiger partial charge in [-0.1, -0.05) is 54.6 Å². The highest BCUT2D eigenvalue weighted by Crippen LogP contribution is 2.39. The molecule has 0 saturated heterocycles. The van der Waals surface area contributed by atoms with Crippen LogP contribution in [-0.4, -0.2) is 5.78 Å². The number of ketones is 1. The Balaban J connectivity index is 1.79. The second-order valence-electron chi connectivity index (χ2n) is 6.45. The first kappa shape index (κ1) is 18.0. The molecule has 0 unspecified atom stereocenters. The molecule has 1 atom stereocenters. The number of hydrogen-bond acceptors (Lipinski definition) is 2. The molecule has 0 aliphatic carbocycles. The first-order chi connectivity index (χ1) is 13.4. The summed E-state index contributed by atoms with van der Waals surface area (Å²) >= 11 is 0. The van der Waals surface area contributed by atoms with Crippen LogP contribution >= 0.6 is 0 Å². The molecular formula is C23H15F3O2. The molecule has 0 bridgehead atoms. The Labute approximate surface area is 159 Å². The Kier molecular flexibility index (Phi) is 4.51. The SMILES string of the molecule is O=C1/C(=C\c2ccc(C(F)(F)F)cc2)[C@@H](c2ccccc2)Oc2ccccc21. The Morgan fingerprint density at radius 2 is 1.46 bits per heavy atom. The summed E-state index contributed by atoms with van der Waals surface area (Å²) in [6.45, 7) is 0. The summed E-state index contributed by atoms with van der Waals surface area (Å²) in [5.74, 6) is 0.293. The van der Waals surface area contributed by atoms with E-state index in [0.717, 1.165) is 17.7 Å². The molecule has 140 valence electrons. The second kappa shape index (κ2) is 7.00. The Bertz CT molecular complexity index is 1040. The topological polar surface area (TPSA) is 26.3 Å². The summed E-state index contributed by atoms with van der Waals surface area (Å²) in [4.78, 5) is 13.1. The molecule has 1 aliphatic heterocycles. The minimum absolute atomic E-state index is 0.199. The van der Waals surface area contributed by atoms with Crippen LogP contribution in [0, 0.1) is 0 Å². The highest BCUT2D eigenvalue weighted by atomic mass is 19.4. The summed E-state index contributed by atoms with van der Waals surface area (Å²) in [5.41, 5.74) is 1.38. The molecule has 0 N–H and O–H groups in total. The summed E-state index contributed by atoms with van der Waals surface area (Å²) < 4.78 is 44.5. The van der Waals surface area contributed by atoms with E-state index in [-0.39, 0.29) is 5.78 Å². The van der Waals surface area contributed by atoms with Gasteiger partial charge in [0.25, 0.3) is 0 Å². The first-order valence-corrected chi connectivity index (χ1v) is 8.67. The highest BCUT2D eigenvalue weighted by molar-refractivity contribution is 6.14. The van der Waals surface area contributed by atoms with Crippen molar-refractivity contribution in [2.24, 2.45) is 0 Å². The largest absolute Gasteiger partial charge is 0.480 e. The number of hydrogen-bond donors (Lipinski definition) is 0. The van der Waals surface area contributed by atoms with Gasteiger partial charge < -0.3 is 4.74 Å². The van der Waals surface area contributed by atoms with Crippen LogP contribution < -0.4 is 4.74 Å². The number of para-hydroxylation sites is 1. The average Bonchev–Trinajstić information content (AvgIpc) is 2.70. The van der Waals surface area contributed by atoms with E-state index in [0.29, 0.717) is 22.4 Å². The fourth-order valence-corrected chi connectivity index (χ4v) is 3.19. The van der Waals surface area contributed by atoms with E-state index in [4.69, 9.17) is 4.74 Å². The van der Waals surface area contributed by atoms with Gasteiger partial charge in [-0.15, -0.1) is 0 Å². The van der Waals surface area contributed by atoms with E-state index in [1.807, 2.05) is 30.3 Å². The third-order valence-corrected chi connectivity index (χ3v) is 4.58. The van der Waals surface area contributed by atoms with Crippen LogP contribution in [0.15, 0.2) is 84.4 Å².